The lowest BCUT2D eigenvalue weighted by Gasteiger charge is -2.13. The molecule has 0 aliphatic carbocycles. The van der Waals surface area contributed by atoms with Crippen LogP contribution in [0.4, 0.5) is 15.1 Å². The number of halogens is 1. The number of esters is 1. The van der Waals surface area contributed by atoms with E-state index in [1.54, 1.807) is 5.38 Å². The summed E-state index contributed by atoms with van der Waals surface area (Å²) in [4.78, 5) is 35.8. The van der Waals surface area contributed by atoms with Gasteiger partial charge < -0.3 is 15.8 Å². The number of para-hydroxylation sites is 1. The number of sulfonamides is 1. The number of carbonyl (C=O) groups is 3. The Hall–Kier alpha value is -3.77. The first-order valence-electron chi connectivity index (χ1n) is 9.31. The van der Waals surface area contributed by atoms with Gasteiger partial charge in [-0.2, -0.15) is 0 Å². The highest BCUT2D eigenvalue weighted by atomic mass is 32.2. The number of nitrogens with one attached hydrogen (secondary N) is 2. The molecular formula is C21H18FN3O6S2. The smallest absolute Gasteiger partial charge is 0.340 e. The summed E-state index contributed by atoms with van der Waals surface area (Å²) in [6, 6.07) is 10.3. The van der Waals surface area contributed by atoms with E-state index in [0.29, 0.717) is 0 Å². The third-order valence-corrected chi connectivity index (χ3v) is 6.69. The van der Waals surface area contributed by atoms with Gasteiger partial charge in [0.2, 0.25) is 0 Å². The monoisotopic (exact) mass is 491 g/mol. The molecule has 1 aromatic heterocycles. The first-order chi connectivity index (χ1) is 15.6. The lowest BCUT2D eigenvalue weighted by atomic mass is 10.2. The zero-order chi connectivity index (χ0) is 24.2. The minimum atomic E-state index is -4.14. The van der Waals surface area contributed by atoms with Crippen molar-refractivity contribution >= 4 is 49.8 Å². The van der Waals surface area contributed by atoms with E-state index in [1.165, 1.54) is 37.3 Å². The summed E-state index contributed by atoms with van der Waals surface area (Å²) < 4.78 is 46.1. The Morgan fingerprint density at radius 1 is 1.09 bits per heavy atom. The summed E-state index contributed by atoms with van der Waals surface area (Å²) in [5, 5.41) is 4.20. The van der Waals surface area contributed by atoms with Crippen LogP contribution < -0.4 is 15.8 Å². The summed E-state index contributed by atoms with van der Waals surface area (Å²) in [5.41, 5.74) is 5.30. The second kappa shape index (κ2) is 9.79. The van der Waals surface area contributed by atoms with Crippen molar-refractivity contribution in [2.24, 2.45) is 5.73 Å². The number of hydrogen-bond donors (Lipinski definition) is 3. The fraction of sp³-hybridized carbons (Fsp3) is 0.0952. The van der Waals surface area contributed by atoms with Gasteiger partial charge in [-0.3, -0.25) is 14.3 Å². The van der Waals surface area contributed by atoms with Crippen LogP contribution in [0.5, 0.6) is 0 Å². The molecule has 172 valence electrons. The number of carbonyl (C=O) groups excluding carboxylic acids is 3. The maximum Gasteiger partial charge on any atom is 0.340 e. The molecule has 33 heavy (non-hydrogen) atoms. The van der Waals surface area contributed by atoms with E-state index < -0.39 is 40.2 Å². The maximum atomic E-state index is 13.3. The number of ether oxygens (including phenoxy) is 1. The van der Waals surface area contributed by atoms with Crippen molar-refractivity contribution in [1.82, 2.24) is 0 Å². The zero-order valence-electron chi connectivity index (χ0n) is 17.1. The Morgan fingerprint density at radius 3 is 2.52 bits per heavy atom. The normalized spacial score (nSPS) is 11.0. The van der Waals surface area contributed by atoms with Crippen LogP contribution in [0.25, 0.3) is 0 Å². The number of thiophene rings is 1. The molecule has 0 aliphatic rings. The number of aryl methyl sites for hydroxylation is 1. The molecule has 0 unspecified atom stereocenters. The molecule has 0 saturated heterocycles. The van der Waals surface area contributed by atoms with Crippen LogP contribution in [0, 0.1) is 12.7 Å². The molecular weight excluding hydrogens is 473 g/mol. The van der Waals surface area contributed by atoms with Gasteiger partial charge in [0.05, 0.1) is 21.7 Å². The second-order valence-electron chi connectivity index (χ2n) is 6.71. The average Bonchev–Trinajstić information content (AvgIpc) is 3.20. The molecule has 0 atom stereocenters. The number of amides is 2. The minimum absolute atomic E-state index is 0.0825. The van der Waals surface area contributed by atoms with E-state index >= 15 is 0 Å². The van der Waals surface area contributed by atoms with Gasteiger partial charge in [-0.1, -0.05) is 12.1 Å². The Bertz CT molecular complexity index is 1340. The van der Waals surface area contributed by atoms with Crippen molar-refractivity contribution in [2.75, 3.05) is 16.6 Å². The standard InChI is InChI=1S/C21H18FN3O6S2/c1-12-10-13(22)6-7-17(12)33(29,30)25-16-5-3-2-4-14(16)21(28)31-11-18(26)24-20-15(19(23)27)8-9-32-20/h2-10,25H,11H2,1H3,(H2,23,27)(H,24,26). The molecule has 3 aromatic rings. The first-order valence-corrected chi connectivity index (χ1v) is 11.7. The van der Waals surface area contributed by atoms with Crippen LogP contribution in [0.1, 0.15) is 26.3 Å². The average molecular weight is 492 g/mol. The van der Waals surface area contributed by atoms with E-state index in [2.05, 4.69) is 10.0 Å². The fourth-order valence-electron chi connectivity index (χ4n) is 2.84. The second-order valence-corrected chi connectivity index (χ2v) is 9.28. The predicted octanol–water partition coefficient (Wildman–Crippen LogP) is 2.89. The number of hydrogen-bond acceptors (Lipinski definition) is 7. The van der Waals surface area contributed by atoms with Crippen LogP contribution >= 0.6 is 11.3 Å². The number of rotatable bonds is 8. The highest BCUT2D eigenvalue weighted by Gasteiger charge is 2.22. The number of primary amides is 1. The molecule has 1 heterocycles. The SMILES string of the molecule is Cc1cc(F)ccc1S(=O)(=O)Nc1ccccc1C(=O)OCC(=O)Nc1sccc1C(N)=O. The molecule has 12 heteroatoms. The van der Waals surface area contributed by atoms with Gasteiger partial charge in [-0.25, -0.2) is 17.6 Å². The van der Waals surface area contributed by atoms with Crippen molar-refractivity contribution < 1.29 is 31.9 Å². The first kappa shape index (κ1) is 23.9. The van der Waals surface area contributed by atoms with Crippen molar-refractivity contribution in [3.8, 4) is 0 Å². The predicted molar refractivity (Wildman–Crippen MR) is 120 cm³/mol. The van der Waals surface area contributed by atoms with Crippen LogP contribution in [0.2, 0.25) is 0 Å². The summed E-state index contributed by atoms with van der Waals surface area (Å²) in [5.74, 6) is -2.98. The van der Waals surface area contributed by atoms with Crippen LogP contribution in [0.15, 0.2) is 58.8 Å². The number of nitrogens with two attached hydrogens (primary N) is 1. The van der Waals surface area contributed by atoms with Crippen molar-refractivity contribution in [2.45, 2.75) is 11.8 Å². The van der Waals surface area contributed by atoms with Crippen LogP contribution in [-0.4, -0.2) is 32.8 Å². The van der Waals surface area contributed by atoms with Crippen LogP contribution in [0.3, 0.4) is 0 Å². The summed E-state index contributed by atoms with van der Waals surface area (Å²) >= 11 is 1.07. The van der Waals surface area contributed by atoms with Crippen LogP contribution in [-0.2, 0) is 19.6 Å². The number of anilines is 2. The molecule has 0 aliphatic heterocycles. The molecule has 0 radical (unpaired) electrons. The molecule has 0 fully saturated rings. The van der Waals surface area contributed by atoms with Gasteiger partial charge in [0.15, 0.2) is 6.61 Å². The quantitative estimate of drug-likeness (QED) is 0.413. The Kier molecular flexibility index (Phi) is 7.09. The van der Waals surface area contributed by atoms with Gasteiger partial charge in [-0.05, 0) is 54.3 Å². The molecule has 0 saturated carbocycles. The topological polar surface area (TPSA) is 145 Å². The number of benzene rings is 2. The highest BCUT2D eigenvalue weighted by Crippen LogP contribution is 2.24. The zero-order valence-corrected chi connectivity index (χ0v) is 18.8. The minimum Gasteiger partial charge on any atom is -0.452 e. The highest BCUT2D eigenvalue weighted by molar-refractivity contribution is 7.92. The van der Waals surface area contributed by atoms with E-state index in [4.69, 9.17) is 10.5 Å². The van der Waals surface area contributed by atoms with Gasteiger partial charge in [0, 0.05) is 0 Å². The Balaban J connectivity index is 1.72. The third-order valence-electron chi connectivity index (χ3n) is 4.34. The Morgan fingerprint density at radius 2 is 1.82 bits per heavy atom. The molecule has 3 rings (SSSR count). The molecule has 0 bridgehead atoms. The summed E-state index contributed by atoms with van der Waals surface area (Å²) in [6.45, 7) is 0.751. The Labute approximate surface area is 192 Å². The largest absolute Gasteiger partial charge is 0.452 e. The molecule has 2 amide bonds. The van der Waals surface area contributed by atoms with Gasteiger partial charge in [-0.15, -0.1) is 11.3 Å². The summed E-state index contributed by atoms with van der Waals surface area (Å²) in [7, 11) is -4.14. The van der Waals surface area contributed by atoms with Crippen molar-refractivity contribution in [3.05, 3.63) is 76.4 Å². The molecule has 2 aromatic carbocycles. The lowest BCUT2D eigenvalue weighted by Crippen LogP contribution is -2.23. The van der Waals surface area contributed by atoms with Gasteiger partial charge >= 0.3 is 5.97 Å². The molecule has 0 spiro atoms. The van der Waals surface area contributed by atoms with Gasteiger partial charge in [0.25, 0.3) is 21.8 Å². The van der Waals surface area contributed by atoms with Crippen molar-refractivity contribution in [1.29, 1.82) is 0 Å². The fourth-order valence-corrected chi connectivity index (χ4v) is 4.95. The third kappa shape index (κ3) is 5.73. The van der Waals surface area contributed by atoms with E-state index in [9.17, 15) is 27.2 Å². The summed E-state index contributed by atoms with van der Waals surface area (Å²) in [6.07, 6.45) is 0. The van der Waals surface area contributed by atoms with Gasteiger partial charge in [0.1, 0.15) is 10.8 Å². The molecule has 9 nitrogen and oxygen atoms in total. The van der Waals surface area contributed by atoms with E-state index in [1.807, 2.05) is 0 Å². The van der Waals surface area contributed by atoms with E-state index in [-0.39, 0.29) is 32.3 Å². The van der Waals surface area contributed by atoms with E-state index in [0.717, 1.165) is 29.5 Å². The van der Waals surface area contributed by atoms with Crippen molar-refractivity contribution in [3.63, 3.8) is 0 Å². The molecule has 4 N–H and O–H groups in total. The lowest BCUT2D eigenvalue weighted by molar-refractivity contribution is -0.119. The maximum absolute atomic E-state index is 13.3.